The van der Waals surface area contributed by atoms with E-state index in [0.717, 1.165) is 11.4 Å². The normalized spacial score (nSPS) is 11.7. The highest BCUT2D eigenvalue weighted by Crippen LogP contribution is 2.18. The number of rotatable bonds is 5. The first kappa shape index (κ1) is 14.7. The molecule has 2 aromatic rings. The number of ether oxygens (including phenoxy) is 1. The second-order valence-corrected chi connectivity index (χ2v) is 5.25. The quantitative estimate of drug-likeness (QED) is 0.744. The molecule has 0 aliphatic carbocycles. The Morgan fingerprint density at radius 1 is 1.05 bits per heavy atom. The number of alkyl halides is 1. The third-order valence-corrected chi connectivity index (χ3v) is 3.38. The van der Waals surface area contributed by atoms with E-state index in [-0.39, 0.29) is 0 Å². The molecular weight excluding hydrogens is 293 g/mol. The Balaban J connectivity index is 1.84. The number of nitrogens with zero attached hydrogens (tertiary/aromatic N) is 1. The Bertz CT molecular complexity index is 587. The molecule has 0 radical (unpaired) electrons. The average molecular weight is 306 g/mol. The number of hydrogen-bond acceptors (Lipinski definition) is 2. The second kappa shape index (κ2) is 7.19. The maximum absolute atomic E-state index is 8.71. The molecule has 0 aliphatic heterocycles. The fourth-order valence-corrected chi connectivity index (χ4v) is 2.08. The molecular formula is C16H13Cl2NO. The van der Waals surface area contributed by atoms with Gasteiger partial charge in [-0.2, -0.15) is 5.26 Å². The standard InChI is InChI=1S/C16H13Cl2NO/c17-14-6-1-12(2-7-14)5-10-16(18)20-15-8-3-13(11-19)4-9-15/h1-4,6-9,16H,5,10H2. The summed E-state index contributed by atoms with van der Waals surface area (Å²) in [5, 5.41) is 9.44. The van der Waals surface area contributed by atoms with Crippen LogP contribution in [0.3, 0.4) is 0 Å². The van der Waals surface area contributed by atoms with Crippen molar-refractivity contribution in [1.82, 2.24) is 0 Å². The van der Waals surface area contributed by atoms with E-state index in [1.54, 1.807) is 24.3 Å². The Morgan fingerprint density at radius 3 is 2.30 bits per heavy atom. The fourth-order valence-electron chi connectivity index (χ4n) is 1.75. The molecule has 4 heteroatoms. The summed E-state index contributed by atoms with van der Waals surface area (Å²) < 4.78 is 5.59. The molecule has 0 spiro atoms. The lowest BCUT2D eigenvalue weighted by molar-refractivity contribution is 0.270. The van der Waals surface area contributed by atoms with E-state index in [1.165, 1.54) is 5.56 Å². The second-order valence-electron chi connectivity index (χ2n) is 4.33. The van der Waals surface area contributed by atoms with Gasteiger partial charge < -0.3 is 4.74 Å². The van der Waals surface area contributed by atoms with Gasteiger partial charge in [0.05, 0.1) is 11.6 Å². The van der Waals surface area contributed by atoms with Crippen molar-refractivity contribution in [2.75, 3.05) is 0 Å². The zero-order valence-corrected chi connectivity index (χ0v) is 12.2. The SMILES string of the molecule is N#Cc1ccc(OC(Cl)CCc2ccc(Cl)cc2)cc1. The zero-order valence-electron chi connectivity index (χ0n) is 10.7. The van der Waals surface area contributed by atoms with Crippen LogP contribution in [0.5, 0.6) is 5.75 Å². The third-order valence-electron chi connectivity index (χ3n) is 2.82. The first-order valence-electron chi connectivity index (χ1n) is 6.23. The minimum Gasteiger partial charge on any atom is -0.475 e. The van der Waals surface area contributed by atoms with E-state index in [1.807, 2.05) is 24.3 Å². The highest BCUT2D eigenvalue weighted by molar-refractivity contribution is 6.30. The van der Waals surface area contributed by atoms with Crippen LogP contribution >= 0.6 is 23.2 Å². The Kier molecular flexibility index (Phi) is 5.29. The van der Waals surface area contributed by atoms with Gasteiger partial charge in [0.2, 0.25) is 0 Å². The van der Waals surface area contributed by atoms with Gasteiger partial charge in [-0.1, -0.05) is 35.3 Å². The molecule has 20 heavy (non-hydrogen) atoms. The van der Waals surface area contributed by atoms with Crippen LogP contribution < -0.4 is 4.74 Å². The lowest BCUT2D eigenvalue weighted by Gasteiger charge is -2.12. The number of nitriles is 1. The highest BCUT2D eigenvalue weighted by atomic mass is 35.5. The minimum atomic E-state index is -0.404. The monoisotopic (exact) mass is 305 g/mol. The summed E-state index contributed by atoms with van der Waals surface area (Å²) in [6.07, 6.45) is 1.52. The van der Waals surface area contributed by atoms with E-state index >= 15 is 0 Å². The van der Waals surface area contributed by atoms with Crippen LogP contribution in [0.25, 0.3) is 0 Å². The van der Waals surface area contributed by atoms with Gasteiger partial charge >= 0.3 is 0 Å². The molecule has 0 fully saturated rings. The Labute approximate surface area is 128 Å². The van der Waals surface area contributed by atoms with Gasteiger partial charge in [-0.15, -0.1) is 0 Å². The van der Waals surface area contributed by atoms with Crippen LogP contribution in [0.2, 0.25) is 5.02 Å². The molecule has 1 unspecified atom stereocenters. The molecule has 2 aromatic carbocycles. The Hall–Kier alpha value is -1.69. The van der Waals surface area contributed by atoms with Crippen molar-refractivity contribution in [2.45, 2.75) is 18.4 Å². The van der Waals surface area contributed by atoms with Crippen LogP contribution in [0.15, 0.2) is 48.5 Å². The zero-order chi connectivity index (χ0) is 14.4. The van der Waals surface area contributed by atoms with Gasteiger partial charge in [0, 0.05) is 11.4 Å². The topological polar surface area (TPSA) is 33.0 Å². The third kappa shape index (κ3) is 4.45. The molecule has 102 valence electrons. The minimum absolute atomic E-state index is 0.404. The van der Waals surface area contributed by atoms with Crippen LogP contribution in [-0.4, -0.2) is 5.56 Å². The number of halogens is 2. The molecule has 0 aromatic heterocycles. The molecule has 0 aliphatic rings. The number of hydrogen-bond donors (Lipinski definition) is 0. The predicted molar refractivity (Wildman–Crippen MR) is 81.2 cm³/mol. The summed E-state index contributed by atoms with van der Waals surface area (Å²) in [6, 6.07) is 16.6. The van der Waals surface area contributed by atoms with Crippen molar-refractivity contribution in [3.63, 3.8) is 0 Å². The van der Waals surface area contributed by atoms with Crippen molar-refractivity contribution < 1.29 is 4.74 Å². The molecule has 1 atom stereocenters. The first-order valence-corrected chi connectivity index (χ1v) is 7.04. The largest absolute Gasteiger partial charge is 0.475 e. The van der Waals surface area contributed by atoms with Gasteiger partial charge in [0.15, 0.2) is 5.56 Å². The van der Waals surface area contributed by atoms with Crippen molar-refractivity contribution in [2.24, 2.45) is 0 Å². The van der Waals surface area contributed by atoms with E-state index in [9.17, 15) is 0 Å². The molecule has 2 nitrogen and oxygen atoms in total. The molecule has 0 bridgehead atoms. The smallest absolute Gasteiger partial charge is 0.172 e. The Morgan fingerprint density at radius 2 is 1.70 bits per heavy atom. The van der Waals surface area contributed by atoms with Crippen molar-refractivity contribution >= 4 is 23.2 Å². The van der Waals surface area contributed by atoms with Gasteiger partial charge in [-0.3, -0.25) is 0 Å². The highest BCUT2D eigenvalue weighted by Gasteiger charge is 2.07. The van der Waals surface area contributed by atoms with Gasteiger partial charge in [0.1, 0.15) is 5.75 Å². The summed E-state index contributed by atoms with van der Waals surface area (Å²) in [5.41, 5.74) is 1.37. The van der Waals surface area contributed by atoms with Crippen LogP contribution in [0.1, 0.15) is 17.5 Å². The summed E-state index contributed by atoms with van der Waals surface area (Å²) in [4.78, 5) is 0. The maximum atomic E-state index is 8.71. The first-order chi connectivity index (χ1) is 9.67. The van der Waals surface area contributed by atoms with E-state index in [2.05, 4.69) is 6.07 Å². The van der Waals surface area contributed by atoms with Gasteiger partial charge in [-0.05, 0) is 48.4 Å². The van der Waals surface area contributed by atoms with E-state index in [4.69, 9.17) is 33.2 Å². The molecule has 0 N–H and O–H groups in total. The van der Waals surface area contributed by atoms with Crippen molar-refractivity contribution in [3.8, 4) is 11.8 Å². The van der Waals surface area contributed by atoms with Crippen LogP contribution in [0.4, 0.5) is 0 Å². The summed E-state index contributed by atoms with van der Waals surface area (Å²) in [7, 11) is 0. The van der Waals surface area contributed by atoms with Gasteiger partial charge in [-0.25, -0.2) is 0 Å². The molecule has 0 heterocycles. The summed E-state index contributed by atoms with van der Waals surface area (Å²) in [5.74, 6) is 0.667. The van der Waals surface area contributed by atoms with E-state index in [0.29, 0.717) is 17.7 Å². The maximum Gasteiger partial charge on any atom is 0.172 e. The van der Waals surface area contributed by atoms with Crippen molar-refractivity contribution in [1.29, 1.82) is 5.26 Å². The predicted octanol–water partition coefficient (Wildman–Crippen LogP) is 4.79. The number of benzene rings is 2. The van der Waals surface area contributed by atoms with E-state index < -0.39 is 5.56 Å². The average Bonchev–Trinajstić information content (AvgIpc) is 2.47. The lowest BCUT2D eigenvalue weighted by atomic mass is 10.1. The van der Waals surface area contributed by atoms with Crippen molar-refractivity contribution in [3.05, 3.63) is 64.7 Å². The summed E-state index contributed by atoms with van der Waals surface area (Å²) >= 11 is 12.0. The fraction of sp³-hybridized carbons (Fsp3) is 0.188. The van der Waals surface area contributed by atoms with Crippen LogP contribution in [0, 0.1) is 11.3 Å². The number of aryl methyl sites for hydroxylation is 1. The van der Waals surface area contributed by atoms with Crippen LogP contribution in [-0.2, 0) is 6.42 Å². The molecule has 0 saturated carbocycles. The van der Waals surface area contributed by atoms with Gasteiger partial charge in [0.25, 0.3) is 0 Å². The molecule has 0 amide bonds. The lowest BCUT2D eigenvalue weighted by Crippen LogP contribution is -2.09. The molecule has 2 rings (SSSR count). The molecule has 0 saturated heterocycles. The summed E-state index contributed by atoms with van der Waals surface area (Å²) in [6.45, 7) is 0.